The van der Waals surface area contributed by atoms with Crippen molar-refractivity contribution in [2.45, 2.75) is 20.8 Å². The molecule has 84 valence electrons. The van der Waals surface area contributed by atoms with Gasteiger partial charge in [-0.15, -0.1) is 0 Å². The summed E-state index contributed by atoms with van der Waals surface area (Å²) >= 11 is 0. The summed E-state index contributed by atoms with van der Waals surface area (Å²) in [6.07, 6.45) is 0. The van der Waals surface area contributed by atoms with Crippen LogP contribution >= 0.6 is 0 Å². The number of rotatable bonds is 0. The second-order valence-corrected chi connectivity index (χ2v) is 4.97. The summed E-state index contributed by atoms with van der Waals surface area (Å²) in [7, 11) is 0. The Bertz CT molecular complexity index is 626. The van der Waals surface area contributed by atoms with Crippen LogP contribution in [0.5, 0.6) is 0 Å². The molecule has 0 bridgehead atoms. The molecule has 0 atom stereocenters. The maximum atomic E-state index is 2.30. The van der Waals surface area contributed by atoms with Crippen LogP contribution in [-0.4, -0.2) is 0 Å². The molecule has 0 heteroatoms. The smallest absolute Gasteiger partial charge is 0.00970 e. The topological polar surface area (TPSA) is 0 Å². The molecule has 0 unspecified atom stereocenters. The quantitative estimate of drug-likeness (QED) is 0.509. The monoisotopic (exact) mass is 220 g/mol. The summed E-state index contributed by atoms with van der Waals surface area (Å²) < 4.78 is 0. The lowest BCUT2D eigenvalue weighted by Crippen LogP contribution is -1.85. The normalized spacial score (nSPS) is 12.3. The van der Waals surface area contributed by atoms with E-state index in [4.69, 9.17) is 0 Å². The average molecular weight is 220 g/mol. The van der Waals surface area contributed by atoms with E-state index < -0.39 is 0 Å². The van der Waals surface area contributed by atoms with E-state index in [0.717, 1.165) is 0 Å². The predicted octanol–water partition coefficient (Wildman–Crippen LogP) is 4.82. The van der Waals surface area contributed by atoms with Crippen LogP contribution in [0.3, 0.4) is 0 Å². The number of aryl methyl sites for hydroxylation is 1. The van der Waals surface area contributed by atoms with E-state index in [9.17, 15) is 0 Å². The van der Waals surface area contributed by atoms with Crippen molar-refractivity contribution in [3.63, 3.8) is 0 Å². The third-order valence-electron chi connectivity index (χ3n) is 3.43. The van der Waals surface area contributed by atoms with Crippen molar-refractivity contribution in [1.29, 1.82) is 0 Å². The molecular formula is C17H16. The number of hydrogen-bond donors (Lipinski definition) is 0. The largest absolute Gasteiger partial charge is 0.0679 e. The highest BCUT2D eigenvalue weighted by molar-refractivity contribution is 6.02. The molecule has 2 aromatic rings. The van der Waals surface area contributed by atoms with Gasteiger partial charge in [0.05, 0.1) is 0 Å². The molecule has 0 radical (unpaired) electrons. The summed E-state index contributed by atoms with van der Waals surface area (Å²) in [5.74, 6) is 0. The van der Waals surface area contributed by atoms with Gasteiger partial charge in [0, 0.05) is 0 Å². The van der Waals surface area contributed by atoms with Crippen LogP contribution in [0.15, 0.2) is 48.0 Å². The van der Waals surface area contributed by atoms with Gasteiger partial charge in [-0.1, -0.05) is 53.6 Å². The van der Waals surface area contributed by atoms with E-state index in [1.807, 2.05) is 0 Å². The van der Waals surface area contributed by atoms with Gasteiger partial charge < -0.3 is 0 Å². The third-order valence-corrected chi connectivity index (χ3v) is 3.43. The maximum absolute atomic E-state index is 2.30. The van der Waals surface area contributed by atoms with Gasteiger partial charge in [0.1, 0.15) is 0 Å². The molecule has 0 aromatic heterocycles. The van der Waals surface area contributed by atoms with Crippen molar-refractivity contribution in [2.75, 3.05) is 0 Å². The molecule has 1 aliphatic rings. The molecule has 0 N–H and O–H groups in total. The molecular weight excluding hydrogens is 204 g/mol. The fourth-order valence-corrected chi connectivity index (χ4v) is 2.72. The van der Waals surface area contributed by atoms with Crippen LogP contribution < -0.4 is 0 Å². The summed E-state index contributed by atoms with van der Waals surface area (Å²) in [5.41, 5.74) is 9.66. The SMILES string of the molecule is CC(C)=C1c2ccccc2-c2ccc(C)cc21. The van der Waals surface area contributed by atoms with Crippen LogP contribution in [0.1, 0.15) is 30.5 Å². The summed E-state index contributed by atoms with van der Waals surface area (Å²) in [6.45, 7) is 6.55. The predicted molar refractivity (Wildman–Crippen MR) is 74.0 cm³/mol. The Hall–Kier alpha value is -1.82. The van der Waals surface area contributed by atoms with Gasteiger partial charge in [-0.05, 0) is 48.6 Å². The first kappa shape index (κ1) is 10.3. The Kier molecular flexibility index (Phi) is 2.19. The van der Waals surface area contributed by atoms with Crippen molar-refractivity contribution < 1.29 is 0 Å². The van der Waals surface area contributed by atoms with E-state index in [0.29, 0.717) is 0 Å². The Labute approximate surface area is 103 Å². The molecule has 17 heavy (non-hydrogen) atoms. The number of hydrogen-bond acceptors (Lipinski definition) is 0. The van der Waals surface area contributed by atoms with E-state index in [1.54, 1.807) is 0 Å². The maximum Gasteiger partial charge on any atom is -0.00970 e. The molecule has 0 nitrogen and oxygen atoms in total. The van der Waals surface area contributed by atoms with Gasteiger partial charge in [0.2, 0.25) is 0 Å². The van der Waals surface area contributed by atoms with E-state index in [1.165, 1.54) is 39.0 Å². The number of benzene rings is 2. The van der Waals surface area contributed by atoms with E-state index in [2.05, 4.69) is 63.2 Å². The second kappa shape index (κ2) is 3.59. The van der Waals surface area contributed by atoms with Crippen LogP contribution in [0.25, 0.3) is 16.7 Å². The highest BCUT2D eigenvalue weighted by atomic mass is 14.3. The first-order valence-corrected chi connectivity index (χ1v) is 6.07. The summed E-state index contributed by atoms with van der Waals surface area (Å²) in [5, 5.41) is 0. The van der Waals surface area contributed by atoms with E-state index >= 15 is 0 Å². The molecule has 0 amide bonds. The van der Waals surface area contributed by atoms with Gasteiger partial charge in [-0.2, -0.15) is 0 Å². The van der Waals surface area contributed by atoms with Gasteiger partial charge >= 0.3 is 0 Å². The highest BCUT2D eigenvalue weighted by Gasteiger charge is 2.23. The summed E-state index contributed by atoms with van der Waals surface area (Å²) in [4.78, 5) is 0. The molecule has 2 aromatic carbocycles. The molecule has 0 fully saturated rings. The third kappa shape index (κ3) is 1.44. The van der Waals surface area contributed by atoms with Gasteiger partial charge in [-0.25, -0.2) is 0 Å². The van der Waals surface area contributed by atoms with E-state index in [-0.39, 0.29) is 0 Å². The Morgan fingerprint density at radius 1 is 0.765 bits per heavy atom. The van der Waals surface area contributed by atoms with Crippen molar-refractivity contribution >= 4 is 5.57 Å². The fourth-order valence-electron chi connectivity index (χ4n) is 2.72. The van der Waals surface area contributed by atoms with Crippen LogP contribution in [0, 0.1) is 6.92 Å². The van der Waals surface area contributed by atoms with Crippen molar-refractivity contribution in [3.05, 3.63) is 64.7 Å². The lowest BCUT2D eigenvalue weighted by atomic mass is 9.99. The lowest BCUT2D eigenvalue weighted by molar-refractivity contribution is 1.38. The molecule has 0 heterocycles. The van der Waals surface area contributed by atoms with Crippen molar-refractivity contribution in [1.82, 2.24) is 0 Å². The number of allylic oxidation sites excluding steroid dienone is 1. The summed E-state index contributed by atoms with van der Waals surface area (Å²) in [6, 6.07) is 15.4. The molecule has 0 saturated heterocycles. The highest BCUT2D eigenvalue weighted by Crippen LogP contribution is 2.45. The zero-order valence-electron chi connectivity index (χ0n) is 10.5. The first-order chi connectivity index (χ1) is 8.18. The van der Waals surface area contributed by atoms with Gasteiger partial charge in [-0.3, -0.25) is 0 Å². The Morgan fingerprint density at radius 2 is 1.41 bits per heavy atom. The molecule has 0 saturated carbocycles. The average Bonchev–Trinajstić information content (AvgIpc) is 2.62. The molecule has 1 aliphatic carbocycles. The van der Waals surface area contributed by atoms with Crippen LogP contribution in [0.2, 0.25) is 0 Å². The minimum absolute atomic E-state index is 1.33. The van der Waals surface area contributed by atoms with Crippen LogP contribution in [0.4, 0.5) is 0 Å². The second-order valence-electron chi connectivity index (χ2n) is 4.97. The Balaban J connectivity index is 2.42. The fraction of sp³-hybridized carbons (Fsp3) is 0.176. The molecule has 0 spiro atoms. The molecule has 0 aliphatic heterocycles. The van der Waals surface area contributed by atoms with Gasteiger partial charge in [0.25, 0.3) is 0 Å². The van der Waals surface area contributed by atoms with Crippen molar-refractivity contribution in [3.8, 4) is 11.1 Å². The van der Waals surface area contributed by atoms with Gasteiger partial charge in [0.15, 0.2) is 0 Å². The molecule has 3 rings (SSSR count). The first-order valence-electron chi connectivity index (χ1n) is 6.07. The van der Waals surface area contributed by atoms with Crippen molar-refractivity contribution in [2.24, 2.45) is 0 Å². The minimum atomic E-state index is 1.33. The zero-order chi connectivity index (χ0) is 12.0. The zero-order valence-corrected chi connectivity index (χ0v) is 10.5. The Morgan fingerprint density at radius 3 is 2.12 bits per heavy atom. The van der Waals surface area contributed by atoms with Crippen LogP contribution in [-0.2, 0) is 0 Å². The lowest BCUT2D eigenvalue weighted by Gasteiger charge is -2.05. The minimum Gasteiger partial charge on any atom is -0.0679 e. The number of fused-ring (bicyclic) bond motifs is 3. The standard InChI is InChI=1S/C17H16/c1-11(2)17-15-7-5-4-6-13(15)14-9-8-12(3)10-16(14)17/h4-10H,1-3H3.